The van der Waals surface area contributed by atoms with Crippen molar-refractivity contribution in [2.75, 3.05) is 18.9 Å². The van der Waals surface area contributed by atoms with Crippen molar-refractivity contribution in [2.24, 2.45) is 0 Å². The van der Waals surface area contributed by atoms with Crippen molar-refractivity contribution in [1.29, 1.82) is 0 Å². The summed E-state index contributed by atoms with van der Waals surface area (Å²) in [6.45, 7) is 0.140. The van der Waals surface area contributed by atoms with E-state index in [2.05, 4.69) is 10.6 Å². The van der Waals surface area contributed by atoms with Crippen molar-refractivity contribution in [3.05, 3.63) is 59.1 Å². The van der Waals surface area contributed by atoms with Crippen LogP contribution in [0.2, 0.25) is 5.02 Å². The standard InChI is InChI=1S/C18H19ClF2N2O2S/c19-14-4-6-16(7-5-14)26-9-8-22-18(24)23-11-13-2-1-3-15(10-13)25-12-17(20)21/h1-7,10,17H,8-9,11-12H2,(H2,22,23,24). The topological polar surface area (TPSA) is 50.4 Å². The highest BCUT2D eigenvalue weighted by Gasteiger charge is 2.05. The molecule has 0 aliphatic heterocycles. The maximum Gasteiger partial charge on any atom is 0.315 e. The number of nitrogens with one attached hydrogen (secondary N) is 2. The summed E-state index contributed by atoms with van der Waals surface area (Å²) in [7, 11) is 0. The molecule has 2 aromatic rings. The van der Waals surface area contributed by atoms with Gasteiger partial charge >= 0.3 is 6.03 Å². The first-order chi connectivity index (χ1) is 12.5. The van der Waals surface area contributed by atoms with E-state index in [0.717, 1.165) is 16.2 Å². The molecule has 0 unspecified atom stereocenters. The predicted octanol–water partition coefficient (Wildman–Crippen LogP) is 4.58. The van der Waals surface area contributed by atoms with Crippen molar-refractivity contribution in [2.45, 2.75) is 17.9 Å². The highest BCUT2D eigenvalue weighted by molar-refractivity contribution is 7.99. The lowest BCUT2D eigenvalue weighted by molar-refractivity contribution is 0.0818. The summed E-state index contributed by atoms with van der Waals surface area (Å²) in [5.41, 5.74) is 0.766. The zero-order valence-corrected chi connectivity index (χ0v) is 15.5. The molecular formula is C18H19ClF2N2O2S. The van der Waals surface area contributed by atoms with E-state index in [1.165, 1.54) is 0 Å². The van der Waals surface area contributed by atoms with Crippen LogP contribution < -0.4 is 15.4 Å². The highest BCUT2D eigenvalue weighted by atomic mass is 35.5. The van der Waals surface area contributed by atoms with Gasteiger partial charge in [-0.3, -0.25) is 0 Å². The lowest BCUT2D eigenvalue weighted by atomic mass is 10.2. The Balaban J connectivity index is 1.65. The quantitative estimate of drug-likeness (QED) is 0.478. The van der Waals surface area contributed by atoms with Gasteiger partial charge in [0.25, 0.3) is 6.43 Å². The largest absolute Gasteiger partial charge is 0.488 e. The van der Waals surface area contributed by atoms with Gasteiger partial charge in [-0.2, -0.15) is 0 Å². The zero-order chi connectivity index (χ0) is 18.8. The SMILES string of the molecule is O=C(NCCSc1ccc(Cl)cc1)NCc1cccc(OCC(F)F)c1. The minimum absolute atomic E-state index is 0.280. The monoisotopic (exact) mass is 400 g/mol. The van der Waals surface area contributed by atoms with E-state index in [4.69, 9.17) is 16.3 Å². The molecule has 0 aliphatic rings. The Morgan fingerprint density at radius 1 is 1.15 bits per heavy atom. The predicted molar refractivity (Wildman–Crippen MR) is 100 cm³/mol. The summed E-state index contributed by atoms with van der Waals surface area (Å²) in [5.74, 6) is 1.08. The van der Waals surface area contributed by atoms with Crippen LogP contribution in [-0.2, 0) is 6.54 Å². The number of ether oxygens (including phenoxy) is 1. The number of carbonyl (C=O) groups excluding carboxylic acids is 1. The van der Waals surface area contributed by atoms with Gasteiger partial charge in [0, 0.05) is 28.8 Å². The minimum atomic E-state index is -2.52. The Bertz CT molecular complexity index is 702. The van der Waals surface area contributed by atoms with Gasteiger partial charge in [-0.15, -0.1) is 11.8 Å². The lowest BCUT2D eigenvalue weighted by Gasteiger charge is -2.10. The summed E-state index contributed by atoms with van der Waals surface area (Å²) in [6, 6.07) is 13.9. The Morgan fingerprint density at radius 3 is 2.65 bits per heavy atom. The molecule has 140 valence electrons. The molecule has 2 amide bonds. The van der Waals surface area contributed by atoms with Crippen LogP contribution in [0.4, 0.5) is 13.6 Å². The lowest BCUT2D eigenvalue weighted by Crippen LogP contribution is -2.36. The fourth-order valence-electron chi connectivity index (χ4n) is 2.01. The first kappa shape index (κ1) is 20.3. The molecule has 8 heteroatoms. The molecule has 2 rings (SSSR count). The number of urea groups is 1. The normalized spacial score (nSPS) is 10.6. The number of halogens is 3. The van der Waals surface area contributed by atoms with Crippen LogP contribution in [0.1, 0.15) is 5.56 Å². The van der Waals surface area contributed by atoms with Crippen molar-refractivity contribution < 1.29 is 18.3 Å². The number of hydrogen-bond acceptors (Lipinski definition) is 3. The molecule has 0 radical (unpaired) electrons. The van der Waals surface area contributed by atoms with Crippen LogP contribution in [0, 0.1) is 0 Å². The first-order valence-electron chi connectivity index (χ1n) is 7.93. The number of rotatable bonds is 9. The van der Waals surface area contributed by atoms with Gasteiger partial charge in [0.2, 0.25) is 0 Å². The Morgan fingerprint density at radius 2 is 1.92 bits per heavy atom. The van der Waals surface area contributed by atoms with Crippen LogP contribution >= 0.6 is 23.4 Å². The number of amides is 2. The summed E-state index contributed by atoms with van der Waals surface area (Å²) in [4.78, 5) is 12.9. The van der Waals surface area contributed by atoms with Gasteiger partial charge in [-0.05, 0) is 42.0 Å². The van der Waals surface area contributed by atoms with Gasteiger partial charge in [-0.25, -0.2) is 13.6 Å². The van der Waals surface area contributed by atoms with Crippen LogP contribution in [0.15, 0.2) is 53.4 Å². The van der Waals surface area contributed by atoms with Gasteiger partial charge in [0.1, 0.15) is 12.4 Å². The molecule has 0 saturated carbocycles. The Hall–Kier alpha value is -1.99. The summed E-state index contributed by atoms with van der Waals surface area (Å²) in [5, 5.41) is 6.17. The zero-order valence-electron chi connectivity index (χ0n) is 13.9. The number of hydrogen-bond donors (Lipinski definition) is 2. The average molecular weight is 401 g/mol. The first-order valence-corrected chi connectivity index (χ1v) is 9.29. The van der Waals surface area contributed by atoms with Gasteiger partial charge in [0.05, 0.1) is 0 Å². The molecule has 0 aromatic heterocycles. The third-order valence-electron chi connectivity index (χ3n) is 3.20. The fraction of sp³-hybridized carbons (Fsp3) is 0.278. The van der Waals surface area contributed by atoms with E-state index in [-0.39, 0.29) is 12.6 Å². The van der Waals surface area contributed by atoms with Gasteiger partial charge in [0.15, 0.2) is 0 Å². The second-order valence-electron chi connectivity index (χ2n) is 5.26. The molecular weight excluding hydrogens is 382 g/mol. The van der Waals surface area contributed by atoms with E-state index in [1.54, 1.807) is 36.0 Å². The molecule has 2 N–H and O–H groups in total. The number of carbonyl (C=O) groups is 1. The third-order valence-corrected chi connectivity index (χ3v) is 4.46. The van der Waals surface area contributed by atoms with Crippen LogP contribution in [-0.4, -0.2) is 31.4 Å². The van der Waals surface area contributed by atoms with Crippen molar-refractivity contribution in [1.82, 2.24) is 10.6 Å². The average Bonchev–Trinajstić information content (AvgIpc) is 2.64. The molecule has 0 bridgehead atoms. The maximum atomic E-state index is 12.2. The van der Waals surface area contributed by atoms with E-state index < -0.39 is 13.0 Å². The van der Waals surface area contributed by atoms with Crippen LogP contribution in [0.3, 0.4) is 0 Å². The molecule has 0 aliphatic carbocycles. The van der Waals surface area contributed by atoms with E-state index >= 15 is 0 Å². The van der Waals surface area contributed by atoms with Crippen LogP contribution in [0.5, 0.6) is 5.75 Å². The molecule has 0 saturated heterocycles. The van der Waals surface area contributed by atoms with Crippen molar-refractivity contribution in [3.8, 4) is 5.75 Å². The maximum absolute atomic E-state index is 12.2. The number of thioether (sulfide) groups is 1. The van der Waals surface area contributed by atoms with Gasteiger partial charge < -0.3 is 15.4 Å². The molecule has 4 nitrogen and oxygen atoms in total. The summed E-state index contributed by atoms with van der Waals surface area (Å²) >= 11 is 7.44. The number of benzene rings is 2. The molecule has 0 spiro atoms. The fourth-order valence-corrected chi connectivity index (χ4v) is 2.91. The molecule has 0 heterocycles. The Kier molecular flexibility index (Phi) is 8.50. The van der Waals surface area contributed by atoms with E-state index in [9.17, 15) is 13.6 Å². The van der Waals surface area contributed by atoms with E-state index in [1.807, 2.05) is 24.3 Å². The molecule has 0 atom stereocenters. The van der Waals surface area contributed by atoms with E-state index in [0.29, 0.717) is 17.3 Å². The molecule has 0 fully saturated rings. The summed E-state index contributed by atoms with van der Waals surface area (Å²) in [6.07, 6.45) is -2.52. The summed E-state index contributed by atoms with van der Waals surface area (Å²) < 4.78 is 29.3. The second-order valence-corrected chi connectivity index (χ2v) is 6.87. The third kappa shape index (κ3) is 7.93. The van der Waals surface area contributed by atoms with Crippen molar-refractivity contribution in [3.63, 3.8) is 0 Å². The number of alkyl halides is 2. The second kappa shape index (κ2) is 10.9. The van der Waals surface area contributed by atoms with Crippen LogP contribution in [0.25, 0.3) is 0 Å². The molecule has 26 heavy (non-hydrogen) atoms. The smallest absolute Gasteiger partial charge is 0.315 e. The van der Waals surface area contributed by atoms with Gasteiger partial charge in [-0.1, -0.05) is 23.7 Å². The Labute approximate surface area is 160 Å². The molecule has 2 aromatic carbocycles. The van der Waals surface area contributed by atoms with Crippen molar-refractivity contribution >= 4 is 29.4 Å². The minimum Gasteiger partial charge on any atom is -0.488 e. The highest BCUT2D eigenvalue weighted by Crippen LogP contribution is 2.19.